The minimum atomic E-state index is -4.86. The van der Waals surface area contributed by atoms with Gasteiger partial charge in [0.2, 0.25) is 0 Å². The zero-order valence-corrected chi connectivity index (χ0v) is 16.9. The maximum Gasteiger partial charge on any atom is 0.573 e. The fraction of sp³-hybridized carbons (Fsp3) is 0.333. The van der Waals surface area contributed by atoms with E-state index in [-0.39, 0.29) is 30.8 Å². The van der Waals surface area contributed by atoms with E-state index >= 15 is 0 Å². The number of ether oxygens (including phenoxy) is 2. The average Bonchev–Trinajstić information content (AvgIpc) is 2.70. The first kappa shape index (κ1) is 25.8. The van der Waals surface area contributed by atoms with Gasteiger partial charge in [0.15, 0.2) is 0 Å². The van der Waals surface area contributed by atoms with Crippen LogP contribution in [0.4, 0.5) is 26.3 Å². The van der Waals surface area contributed by atoms with Gasteiger partial charge in [-0.2, -0.15) is 13.2 Å². The Labute approximate surface area is 184 Å². The average molecular weight is 479 g/mol. The molecule has 180 valence electrons. The van der Waals surface area contributed by atoms with Crippen LogP contribution in [0.25, 0.3) is 0 Å². The van der Waals surface area contributed by atoms with Gasteiger partial charge in [0.05, 0.1) is 6.61 Å². The smallest absolute Gasteiger partial charge is 0.494 e. The van der Waals surface area contributed by atoms with Crippen molar-refractivity contribution in [2.24, 2.45) is 0 Å². The van der Waals surface area contributed by atoms with Crippen molar-refractivity contribution in [3.05, 3.63) is 59.7 Å². The second kappa shape index (κ2) is 10.9. The first-order valence-corrected chi connectivity index (χ1v) is 9.50. The number of carboxylic acids is 1. The molecule has 0 bridgehead atoms. The number of hydrogen-bond acceptors (Lipinski definition) is 4. The highest BCUT2D eigenvalue weighted by atomic mass is 19.4. The van der Waals surface area contributed by atoms with E-state index in [9.17, 15) is 41.0 Å². The summed E-state index contributed by atoms with van der Waals surface area (Å²) in [6.07, 6.45) is -10.5. The first-order chi connectivity index (χ1) is 15.3. The maximum atomic E-state index is 12.4. The second-order valence-corrected chi connectivity index (χ2v) is 6.85. The van der Waals surface area contributed by atoms with Gasteiger partial charge >= 0.3 is 18.5 Å². The molecule has 0 radical (unpaired) electrons. The van der Waals surface area contributed by atoms with Crippen molar-refractivity contribution >= 4 is 11.9 Å². The third-order valence-corrected chi connectivity index (χ3v) is 4.19. The van der Waals surface area contributed by atoms with Gasteiger partial charge in [-0.1, -0.05) is 12.1 Å². The summed E-state index contributed by atoms with van der Waals surface area (Å²) in [5, 5.41) is 11.7. The Hall–Kier alpha value is -3.44. The number of benzene rings is 2. The van der Waals surface area contributed by atoms with E-state index in [4.69, 9.17) is 4.74 Å². The van der Waals surface area contributed by atoms with E-state index in [2.05, 4.69) is 10.1 Å². The van der Waals surface area contributed by atoms with E-state index in [0.29, 0.717) is 5.56 Å². The van der Waals surface area contributed by atoms with E-state index < -0.39 is 42.6 Å². The molecular formula is C21H19F6NO5. The molecule has 0 unspecified atom stereocenters. The molecule has 0 fully saturated rings. The molecule has 0 aliphatic rings. The Kier molecular flexibility index (Phi) is 8.55. The maximum absolute atomic E-state index is 12.4. The van der Waals surface area contributed by atoms with Crippen molar-refractivity contribution < 1.29 is 50.5 Å². The number of alkyl halides is 6. The molecule has 0 aliphatic heterocycles. The lowest BCUT2D eigenvalue weighted by molar-refractivity contribution is -0.274. The van der Waals surface area contributed by atoms with Crippen LogP contribution in [-0.4, -0.2) is 42.2 Å². The fourth-order valence-electron chi connectivity index (χ4n) is 2.67. The van der Waals surface area contributed by atoms with Crippen molar-refractivity contribution in [1.29, 1.82) is 0 Å². The molecule has 0 heterocycles. The number of aliphatic carboxylic acids is 1. The lowest BCUT2D eigenvalue weighted by Crippen LogP contribution is -2.42. The number of hydrogen-bond donors (Lipinski definition) is 2. The predicted molar refractivity (Wildman–Crippen MR) is 103 cm³/mol. The van der Waals surface area contributed by atoms with Crippen LogP contribution < -0.4 is 14.8 Å². The molecule has 2 rings (SSSR count). The van der Waals surface area contributed by atoms with Crippen molar-refractivity contribution in [3.8, 4) is 11.5 Å². The van der Waals surface area contributed by atoms with Gasteiger partial charge in [-0.05, 0) is 48.4 Å². The van der Waals surface area contributed by atoms with E-state index in [0.717, 1.165) is 12.1 Å². The number of rotatable bonds is 10. The van der Waals surface area contributed by atoms with Gasteiger partial charge in [-0.25, -0.2) is 4.79 Å². The summed E-state index contributed by atoms with van der Waals surface area (Å²) in [6.45, 7) is -0.168. The molecule has 0 saturated heterocycles. The SMILES string of the molecule is O=C(N[C@@H](Cc1ccc(OC(F)(F)F)cc1)C(=O)O)c1ccc(OCCCC(F)(F)F)cc1. The fourth-order valence-corrected chi connectivity index (χ4v) is 2.67. The van der Waals surface area contributed by atoms with Gasteiger partial charge in [-0.3, -0.25) is 4.79 Å². The van der Waals surface area contributed by atoms with Gasteiger partial charge in [0, 0.05) is 18.4 Å². The number of nitrogens with one attached hydrogen (secondary N) is 1. The van der Waals surface area contributed by atoms with Gasteiger partial charge in [0.25, 0.3) is 5.91 Å². The number of amides is 1. The highest BCUT2D eigenvalue weighted by Crippen LogP contribution is 2.23. The molecule has 12 heteroatoms. The van der Waals surface area contributed by atoms with Crippen LogP contribution in [0.15, 0.2) is 48.5 Å². The molecule has 0 spiro atoms. The number of carbonyl (C=O) groups is 2. The molecule has 33 heavy (non-hydrogen) atoms. The molecule has 0 aliphatic carbocycles. The van der Waals surface area contributed by atoms with Gasteiger partial charge in [0.1, 0.15) is 17.5 Å². The van der Waals surface area contributed by atoms with Crippen molar-refractivity contribution in [2.45, 2.75) is 37.8 Å². The summed E-state index contributed by atoms with van der Waals surface area (Å²) in [4.78, 5) is 23.9. The monoisotopic (exact) mass is 479 g/mol. The number of halogens is 6. The van der Waals surface area contributed by atoms with Gasteiger partial charge < -0.3 is 19.9 Å². The lowest BCUT2D eigenvalue weighted by atomic mass is 10.1. The van der Waals surface area contributed by atoms with Crippen LogP contribution in [0.5, 0.6) is 11.5 Å². The molecule has 6 nitrogen and oxygen atoms in total. The number of carboxylic acid groups (broad SMARTS) is 1. The first-order valence-electron chi connectivity index (χ1n) is 9.50. The van der Waals surface area contributed by atoms with Crippen LogP contribution in [0.2, 0.25) is 0 Å². The molecule has 1 amide bonds. The molecule has 0 saturated carbocycles. The Balaban J connectivity index is 1.92. The Morgan fingerprint density at radius 3 is 2.00 bits per heavy atom. The zero-order chi connectivity index (χ0) is 24.6. The molecule has 0 aromatic heterocycles. The quantitative estimate of drug-likeness (QED) is 0.380. The molecular weight excluding hydrogens is 460 g/mol. The minimum absolute atomic E-state index is 0.0813. The summed E-state index contributed by atoms with van der Waals surface area (Å²) in [5.41, 5.74) is 0.428. The van der Waals surface area contributed by atoms with Crippen LogP contribution in [-0.2, 0) is 11.2 Å². The third kappa shape index (κ3) is 9.71. The van der Waals surface area contributed by atoms with Crippen LogP contribution in [0.3, 0.4) is 0 Å². The minimum Gasteiger partial charge on any atom is -0.494 e. The zero-order valence-electron chi connectivity index (χ0n) is 16.9. The largest absolute Gasteiger partial charge is 0.573 e. The molecule has 2 N–H and O–H groups in total. The van der Waals surface area contributed by atoms with Crippen molar-refractivity contribution in [3.63, 3.8) is 0 Å². The van der Waals surface area contributed by atoms with Crippen molar-refractivity contribution in [2.75, 3.05) is 6.61 Å². The summed E-state index contributed by atoms with van der Waals surface area (Å²) in [6, 6.07) is 8.52. The van der Waals surface area contributed by atoms with Gasteiger partial charge in [-0.15, -0.1) is 13.2 Å². The topological polar surface area (TPSA) is 84.9 Å². The van der Waals surface area contributed by atoms with Crippen molar-refractivity contribution in [1.82, 2.24) is 5.32 Å². The van der Waals surface area contributed by atoms with E-state index in [1.165, 1.54) is 36.4 Å². The van der Waals surface area contributed by atoms with E-state index in [1.54, 1.807) is 0 Å². The van der Waals surface area contributed by atoms with Crippen LogP contribution in [0, 0.1) is 0 Å². The molecule has 2 aromatic rings. The Morgan fingerprint density at radius 2 is 1.48 bits per heavy atom. The summed E-state index contributed by atoms with van der Waals surface area (Å²) in [5.74, 6) is -2.32. The normalized spacial score (nSPS) is 12.7. The highest BCUT2D eigenvalue weighted by molar-refractivity contribution is 5.96. The Morgan fingerprint density at radius 1 is 0.909 bits per heavy atom. The third-order valence-electron chi connectivity index (χ3n) is 4.19. The second-order valence-electron chi connectivity index (χ2n) is 6.85. The highest BCUT2D eigenvalue weighted by Gasteiger charge is 2.31. The van der Waals surface area contributed by atoms with Crippen LogP contribution in [0.1, 0.15) is 28.8 Å². The summed E-state index contributed by atoms with van der Waals surface area (Å²) >= 11 is 0. The molecule has 1 atom stereocenters. The summed E-state index contributed by atoms with van der Waals surface area (Å²) < 4.78 is 81.9. The van der Waals surface area contributed by atoms with E-state index in [1.807, 2.05) is 0 Å². The summed E-state index contributed by atoms with van der Waals surface area (Å²) in [7, 11) is 0. The molecule has 2 aromatic carbocycles. The predicted octanol–water partition coefficient (Wildman–Crippen LogP) is 4.73. The standard InChI is InChI=1S/C21H19F6NO5/c22-20(23,24)10-1-11-32-15-8-4-14(5-9-15)18(29)28-17(19(30)31)12-13-2-6-16(7-3-13)33-21(25,26)27/h2-9,17H,1,10-12H2,(H,28,29)(H,30,31)/t17-/m0/s1. The lowest BCUT2D eigenvalue weighted by Gasteiger charge is -2.15. The Bertz CT molecular complexity index is 926. The number of carbonyl (C=O) groups excluding carboxylic acids is 1. The van der Waals surface area contributed by atoms with Crippen LogP contribution >= 0.6 is 0 Å².